The van der Waals surface area contributed by atoms with Gasteiger partial charge in [-0.3, -0.25) is 4.98 Å². The number of ether oxygens (including phenoxy) is 1. The smallest absolute Gasteiger partial charge is 0.177 e. The van der Waals surface area contributed by atoms with Gasteiger partial charge in [-0.15, -0.1) is 0 Å². The van der Waals surface area contributed by atoms with E-state index in [0.717, 1.165) is 11.9 Å². The minimum atomic E-state index is -3.86. The summed E-state index contributed by atoms with van der Waals surface area (Å²) in [5.74, 6) is -3.67. The first-order valence-electron chi connectivity index (χ1n) is 9.29. The first-order chi connectivity index (χ1) is 14.2. The molecular weight excluding hydrogens is 417 g/mol. The molecule has 0 unspecified atom stereocenters. The van der Waals surface area contributed by atoms with E-state index < -0.39 is 27.3 Å². The van der Waals surface area contributed by atoms with E-state index in [0.29, 0.717) is 49.3 Å². The number of rotatable bonds is 3. The molecule has 158 valence electrons. The summed E-state index contributed by atoms with van der Waals surface area (Å²) in [5, 5.41) is 0.343. The fraction of sp³-hybridized carbons (Fsp3) is 0.286. The Kier molecular flexibility index (Phi) is 5.19. The number of aromatic nitrogens is 1. The van der Waals surface area contributed by atoms with Gasteiger partial charge in [-0.2, -0.15) is 0 Å². The Bertz CT molecular complexity index is 1260. The van der Waals surface area contributed by atoms with Gasteiger partial charge in [-0.05, 0) is 31.2 Å². The highest BCUT2D eigenvalue weighted by atomic mass is 32.2. The third-order valence-corrected chi connectivity index (χ3v) is 6.36. The molecule has 0 bridgehead atoms. The van der Waals surface area contributed by atoms with Crippen molar-refractivity contribution in [2.75, 3.05) is 37.5 Å². The highest BCUT2D eigenvalue weighted by molar-refractivity contribution is 7.91. The number of benzene rings is 2. The lowest BCUT2D eigenvalue weighted by Crippen LogP contribution is -2.36. The lowest BCUT2D eigenvalue weighted by atomic mass is 9.98. The number of aryl methyl sites for hydroxylation is 1. The van der Waals surface area contributed by atoms with Gasteiger partial charge >= 0.3 is 0 Å². The van der Waals surface area contributed by atoms with Gasteiger partial charge in [0.25, 0.3) is 0 Å². The Hall–Kier alpha value is -2.65. The fourth-order valence-electron chi connectivity index (χ4n) is 3.81. The van der Waals surface area contributed by atoms with E-state index in [9.17, 15) is 21.6 Å². The normalized spacial score (nSPS) is 15.0. The number of nitrogens with zero attached hydrogens (tertiary/aromatic N) is 2. The summed E-state index contributed by atoms with van der Waals surface area (Å²) in [6, 6.07) is 6.36. The van der Waals surface area contributed by atoms with Crippen LogP contribution < -0.4 is 4.90 Å². The number of fused-ring (bicyclic) bond motifs is 1. The summed E-state index contributed by atoms with van der Waals surface area (Å²) in [6.07, 6.45) is 0.982. The second kappa shape index (κ2) is 7.55. The molecule has 30 heavy (non-hydrogen) atoms. The second-order valence-corrected chi connectivity index (χ2v) is 9.17. The number of hydrogen-bond donors (Lipinski definition) is 0. The van der Waals surface area contributed by atoms with Crippen molar-refractivity contribution in [3.05, 3.63) is 53.5 Å². The van der Waals surface area contributed by atoms with Crippen molar-refractivity contribution in [1.29, 1.82) is 0 Å². The zero-order valence-electron chi connectivity index (χ0n) is 16.4. The quantitative estimate of drug-likeness (QED) is 0.584. The van der Waals surface area contributed by atoms with Gasteiger partial charge in [0.15, 0.2) is 21.5 Å². The molecular formula is C21H19F3N2O3S. The van der Waals surface area contributed by atoms with Gasteiger partial charge in [0, 0.05) is 47.6 Å². The number of anilines is 1. The maximum Gasteiger partial charge on any atom is 0.177 e. The predicted octanol–water partition coefficient (Wildman–Crippen LogP) is 3.87. The van der Waals surface area contributed by atoms with Gasteiger partial charge in [-0.25, -0.2) is 21.6 Å². The molecule has 1 aliphatic heterocycles. The van der Waals surface area contributed by atoms with Crippen molar-refractivity contribution < 1.29 is 26.3 Å². The van der Waals surface area contributed by atoms with Crippen molar-refractivity contribution in [3.63, 3.8) is 0 Å². The van der Waals surface area contributed by atoms with E-state index in [1.165, 1.54) is 6.92 Å². The van der Waals surface area contributed by atoms with Crippen molar-refractivity contribution >= 4 is 26.4 Å². The van der Waals surface area contributed by atoms with E-state index in [1.807, 2.05) is 11.0 Å². The van der Waals surface area contributed by atoms with E-state index in [1.54, 1.807) is 12.1 Å². The Morgan fingerprint density at radius 3 is 2.33 bits per heavy atom. The van der Waals surface area contributed by atoms with E-state index >= 15 is 0 Å². The van der Waals surface area contributed by atoms with Crippen LogP contribution in [0.2, 0.25) is 0 Å². The van der Waals surface area contributed by atoms with Crippen LogP contribution in [0.1, 0.15) is 5.69 Å². The molecule has 3 aromatic rings. The monoisotopic (exact) mass is 436 g/mol. The lowest BCUT2D eigenvalue weighted by Gasteiger charge is -2.29. The van der Waals surface area contributed by atoms with Crippen LogP contribution in [0, 0.1) is 24.4 Å². The molecule has 0 atom stereocenters. The highest BCUT2D eigenvalue weighted by Gasteiger charge is 2.26. The van der Waals surface area contributed by atoms with Crippen molar-refractivity contribution in [2.45, 2.75) is 11.8 Å². The average molecular weight is 436 g/mol. The topological polar surface area (TPSA) is 59.5 Å². The van der Waals surface area contributed by atoms with E-state index in [4.69, 9.17) is 4.74 Å². The first kappa shape index (κ1) is 20.6. The molecule has 1 fully saturated rings. The molecule has 1 saturated heterocycles. The van der Waals surface area contributed by atoms with Crippen LogP contribution in [-0.4, -0.2) is 46.0 Å². The van der Waals surface area contributed by atoms with Crippen LogP contribution in [0.15, 0.2) is 35.2 Å². The third-order valence-electron chi connectivity index (χ3n) is 5.12. The largest absolute Gasteiger partial charge is 0.378 e. The Balaban J connectivity index is 2.09. The van der Waals surface area contributed by atoms with E-state index in [2.05, 4.69) is 4.98 Å². The second-order valence-electron chi connectivity index (χ2n) is 7.22. The first-order valence-corrected chi connectivity index (χ1v) is 11.2. The number of pyridine rings is 1. The molecule has 0 N–H and O–H groups in total. The minimum absolute atomic E-state index is 0.0218. The number of morpholine rings is 1. The molecule has 2 heterocycles. The van der Waals surface area contributed by atoms with Crippen molar-refractivity contribution in [3.8, 4) is 11.1 Å². The van der Waals surface area contributed by atoms with Gasteiger partial charge in [0.2, 0.25) is 0 Å². The summed E-state index contributed by atoms with van der Waals surface area (Å²) in [4.78, 5) is 6.21. The fourth-order valence-corrected chi connectivity index (χ4v) is 4.98. The zero-order chi connectivity index (χ0) is 21.6. The number of sulfone groups is 1. The Morgan fingerprint density at radius 1 is 1.00 bits per heavy atom. The summed E-state index contributed by atoms with van der Waals surface area (Å²) in [7, 11) is -3.86. The average Bonchev–Trinajstić information content (AvgIpc) is 2.69. The third kappa shape index (κ3) is 3.63. The summed E-state index contributed by atoms with van der Waals surface area (Å²) in [6.45, 7) is 3.86. The molecule has 0 spiro atoms. The molecule has 1 aromatic heterocycles. The minimum Gasteiger partial charge on any atom is -0.378 e. The zero-order valence-corrected chi connectivity index (χ0v) is 17.2. The standard InChI is InChI=1S/C21H19F3N2O3S/c1-12-21(30(2,27)28)20(14-10-17(23)18(24)11-16(14)22)15-9-13(3-4-19(15)25-12)26-5-7-29-8-6-26/h3-4,9-11H,5-8H2,1-2H3. The predicted molar refractivity (Wildman–Crippen MR) is 108 cm³/mol. The van der Waals surface area contributed by atoms with Gasteiger partial charge in [0.05, 0.1) is 29.3 Å². The van der Waals surface area contributed by atoms with Gasteiger partial charge in [0.1, 0.15) is 5.82 Å². The SMILES string of the molecule is Cc1nc2ccc(N3CCOCC3)cc2c(-c2cc(F)c(F)cc2F)c1S(C)(=O)=O. The van der Waals surface area contributed by atoms with Crippen LogP contribution in [0.4, 0.5) is 18.9 Å². The molecule has 4 rings (SSSR count). The molecule has 1 aliphatic rings. The molecule has 0 saturated carbocycles. The summed E-state index contributed by atoms with van der Waals surface area (Å²) < 4.78 is 72.8. The highest BCUT2D eigenvalue weighted by Crippen LogP contribution is 2.39. The Morgan fingerprint density at radius 2 is 1.67 bits per heavy atom. The molecule has 9 heteroatoms. The summed E-state index contributed by atoms with van der Waals surface area (Å²) in [5.41, 5.74) is 1.01. The number of hydrogen-bond acceptors (Lipinski definition) is 5. The van der Waals surface area contributed by atoms with Crippen molar-refractivity contribution in [2.24, 2.45) is 0 Å². The lowest BCUT2D eigenvalue weighted by molar-refractivity contribution is 0.122. The number of halogens is 3. The molecule has 0 amide bonds. The maximum atomic E-state index is 14.8. The molecule has 0 aliphatic carbocycles. The van der Waals surface area contributed by atoms with Crippen molar-refractivity contribution in [1.82, 2.24) is 4.98 Å². The van der Waals surface area contributed by atoms with Crippen LogP contribution in [0.5, 0.6) is 0 Å². The van der Waals surface area contributed by atoms with Crippen LogP contribution in [0.3, 0.4) is 0 Å². The van der Waals surface area contributed by atoms with Crippen LogP contribution >= 0.6 is 0 Å². The van der Waals surface area contributed by atoms with Gasteiger partial charge in [-0.1, -0.05) is 0 Å². The van der Waals surface area contributed by atoms with E-state index in [-0.39, 0.29) is 21.7 Å². The Labute approximate surface area is 172 Å². The maximum absolute atomic E-state index is 14.8. The van der Waals surface area contributed by atoms with Gasteiger partial charge < -0.3 is 9.64 Å². The van der Waals surface area contributed by atoms with Crippen LogP contribution in [0.25, 0.3) is 22.0 Å². The molecule has 2 aromatic carbocycles. The van der Waals surface area contributed by atoms with Crippen LogP contribution in [-0.2, 0) is 14.6 Å². The molecule has 5 nitrogen and oxygen atoms in total. The molecule has 0 radical (unpaired) electrons. The summed E-state index contributed by atoms with van der Waals surface area (Å²) >= 11 is 0.